The van der Waals surface area contributed by atoms with E-state index in [9.17, 15) is 4.79 Å². The van der Waals surface area contributed by atoms with E-state index in [-0.39, 0.29) is 11.9 Å². The number of nitrogens with zero attached hydrogens (tertiary/aromatic N) is 2. The predicted molar refractivity (Wildman–Crippen MR) is 92.7 cm³/mol. The largest absolute Gasteiger partial charge is 0.322 e. The van der Waals surface area contributed by atoms with E-state index in [0.29, 0.717) is 13.1 Å². The maximum Gasteiger partial charge on any atom is 0.226 e. The highest BCUT2D eigenvalue weighted by atomic mass is 16.2. The number of rotatable bonds is 7. The van der Waals surface area contributed by atoms with Crippen LogP contribution in [0.1, 0.15) is 36.9 Å². The molecule has 0 aromatic heterocycles. The van der Waals surface area contributed by atoms with Gasteiger partial charge in [0.05, 0.1) is 19.1 Å². The normalized spacial score (nSPS) is 17.4. The molecule has 23 heavy (non-hydrogen) atoms. The van der Waals surface area contributed by atoms with Crippen molar-refractivity contribution < 1.29 is 4.79 Å². The third-order valence-corrected chi connectivity index (χ3v) is 4.39. The van der Waals surface area contributed by atoms with Crippen LogP contribution in [0.3, 0.4) is 0 Å². The monoisotopic (exact) mass is 308 g/mol. The SMILES string of the molecule is CCCN(Cc1ccccc1)CN1C(=O)C[C@@H]1c1ccccc1. The molecule has 1 aliphatic rings. The van der Waals surface area contributed by atoms with Gasteiger partial charge in [0.25, 0.3) is 0 Å². The summed E-state index contributed by atoms with van der Waals surface area (Å²) in [4.78, 5) is 16.5. The Morgan fingerprint density at radius 2 is 1.70 bits per heavy atom. The summed E-state index contributed by atoms with van der Waals surface area (Å²) in [5.74, 6) is 0.257. The molecule has 0 aliphatic carbocycles. The zero-order valence-electron chi connectivity index (χ0n) is 13.7. The molecule has 1 fully saturated rings. The summed E-state index contributed by atoms with van der Waals surface area (Å²) in [7, 11) is 0. The zero-order chi connectivity index (χ0) is 16.1. The zero-order valence-corrected chi connectivity index (χ0v) is 13.7. The Balaban J connectivity index is 1.67. The van der Waals surface area contributed by atoms with Gasteiger partial charge in [0.15, 0.2) is 0 Å². The van der Waals surface area contributed by atoms with Crippen molar-refractivity contribution in [2.45, 2.75) is 32.4 Å². The first-order valence-electron chi connectivity index (χ1n) is 8.38. The average Bonchev–Trinajstić information content (AvgIpc) is 2.59. The van der Waals surface area contributed by atoms with Gasteiger partial charge in [-0.15, -0.1) is 0 Å². The van der Waals surface area contributed by atoms with Gasteiger partial charge in [-0.2, -0.15) is 0 Å². The Hall–Kier alpha value is -2.13. The summed E-state index contributed by atoms with van der Waals surface area (Å²) < 4.78 is 0. The number of β-lactam (4-membered cyclic amide) rings is 1. The molecule has 0 bridgehead atoms. The van der Waals surface area contributed by atoms with Gasteiger partial charge in [-0.1, -0.05) is 67.6 Å². The van der Waals surface area contributed by atoms with Gasteiger partial charge >= 0.3 is 0 Å². The number of carbonyl (C=O) groups excluding carboxylic acids is 1. The van der Waals surface area contributed by atoms with Crippen LogP contribution in [0.2, 0.25) is 0 Å². The topological polar surface area (TPSA) is 23.6 Å². The highest BCUT2D eigenvalue weighted by Crippen LogP contribution is 2.34. The molecule has 0 N–H and O–H groups in total. The van der Waals surface area contributed by atoms with Gasteiger partial charge in [-0.05, 0) is 24.1 Å². The van der Waals surface area contributed by atoms with Gasteiger partial charge in [0.1, 0.15) is 0 Å². The molecule has 120 valence electrons. The fourth-order valence-electron chi connectivity index (χ4n) is 3.18. The third kappa shape index (κ3) is 3.80. The second-order valence-electron chi connectivity index (χ2n) is 6.17. The summed E-state index contributed by atoms with van der Waals surface area (Å²) in [6.07, 6.45) is 1.72. The predicted octanol–water partition coefficient (Wildman–Crippen LogP) is 3.83. The summed E-state index contributed by atoms with van der Waals surface area (Å²) in [5.41, 5.74) is 2.54. The van der Waals surface area contributed by atoms with Gasteiger partial charge in [-0.25, -0.2) is 0 Å². The Bertz CT molecular complexity index is 627. The van der Waals surface area contributed by atoms with Crippen LogP contribution in [0.5, 0.6) is 0 Å². The first-order valence-corrected chi connectivity index (χ1v) is 8.38. The summed E-state index contributed by atoms with van der Waals surface area (Å²) in [5, 5.41) is 0. The minimum atomic E-state index is 0.235. The Morgan fingerprint density at radius 1 is 1.04 bits per heavy atom. The van der Waals surface area contributed by atoms with Gasteiger partial charge < -0.3 is 4.90 Å². The molecule has 3 nitrogen and oxygen atoms in total. The lowest BCUT2D eigenvalue weighted by Crippen LogP contribution is -2.51. The highest BCUT2D eigenvalue weighted by Gasteiger charge is 2.37. The van der Waals surface area contributed by atoms with E-state index in [1.807, 2.05) is 29.2 Å². The number of benzene rings is 2. The maximum atomic E-state index is 12.1. The summed E-state index contributed by atoms with van der Waals surface area (Å²) in [6, 6.07) is 21.1. The lowest BCUT2D eigenvalue weighted by Gasteiger charge is -2.43. The summed E-state index contributed by atoms with van der Waals surface area (Å²) >= 11 is 0. The lowest BCUT2D eigenvalue weighted by atomic mass is 9.94. The van der Waals surface area contributed by atoms with Crippen LogP contribution in [-0.4, -0.2) is 28.9 Å². The molecule has 0 unspecified atom stereocenters. The summed E-state index contributed by atoms with van der Waals surface area (Å²) in [6.45, 7) is 4.78. The van der Waals surface area contributed by atoms with Crippen molar-refractivity contribution in [2.24, 2.45) is 0 Å². The van der Waals surface area contributed by atoms with Crippen molar-refractivity contribution in [3.05, 3.63) is 71.8 Å². The van der Waals surface area contributed by atoms with Crippen LogP contribution in [0.25, 0.3) is 0 Å². The molecule has 2 aromatic carbocycles. The number of amides is 1. The minimum absolute atomic E-state index is 0.235. The average molecular weight is 308 g/mol. The van der Waals surface area contributed by atoms with Crippen LogP contribution in [0, 0.1) is 0 Å². The van der Waals surface area contributed by atoms with E-state index in [2.05, 4.69) is 48.2 Å². The lowest BCUT2D eigenvalue weighted by molar-refractivity contribution is -0.150. The van der Waals surface area contributed by atoms with E-state index in [0.717, 1.165) is 19.5 Å². The van der Waals surface area contributed by atoms with Crippen LogP contribution in [0.4, 0.5) is 0 Å². The Morgan fingerprint density at radius 3 is 2.30 bits per heavy atom. The van der Waals surface area contributed by atoms with Crippen molar-refractivity contribution in [1.29, 1.82) is 0 Å². The maximum absolute atomic E-state index is 12.1. The van der Waals surface area contributed by atoms with E-state index < -0.39 is 0 Å². The molecule has 3 rings (SSSR count). The molecule has 1 aliphatic heterocycles. The molecular formula is C20H24N2O. The molecule has 3 heteroatoms. The minimum Gasteiger partial charge on any atom is -0.322 e. The van der Waals surface area contributed by atoms with Gasteiger partial charge in [0.2, 0.25) is 5.91 Å². The molecule has 0 saturated carbocycles. The second kappa shape index (κ2) is 7.42. The van der Waals surface area contributed by atoms with Crippen LogP contribution >= 0.6 is 0 Å². The van der Waals surface area contributed by atoms with Crippen molar-refractivity contribution in [3.8, 4) is 0 Å². The molecule has 2 aromatic rings. The van der Waals surface area contributed by atoms with Gasteiger partial charge in [-0.3, -0.25) is 9.69 Å². The number of carbonyl (C=O) groups is 1. The molecule has 1 saturated heterocycles. The van der Waals surface area contributed by atoms with Gasteiger partial charge in [0, 0.05) is 6.54 Å². The Kier molecular flexibility index (Phi) is 5.09. The fourth-order valence-corrected chi connectivity index (χ4v) is 3.18. The van der Waals surface area contributed by atoms with Crippen molar-refractivity contribution in [3.63, 3.8) is 0 Å². The second-order valence-corrected chi connectivity index (χ2v) is 6.17. The molecule has 0 spiro atoms. The van der Waals surface area contributed by atoms with E-state index in [1.54, 1.807) is 0 Å². The molecule has 1 heterocycles. The quantitative estimate of drug-likeness (QED) is 0.726. The molecular weight excluding hydrogens is 284 g/mol. The smallest absolute Gasteiger partial charge is 0.226 e. The standard InChI is InChI=1S/C20H24N2O/c1-2-13-21(15-17-9-5-3-6-10-17)16-22-19(14-20(22)23)18-11-7-4-8-12-18/h3-12,19H,2,13-16H2,1H3/t19-/m1/s1. The number of likely N-dealkylation sites (tertiary alicyclic amines) is 1. The number of hydrogen-bond acceptors (Lipinski definition) is 2. The van der Waals surface area contributed by atoms with Crippen molar-refractivity contribution >= 4 is 5.91 Å². The first-order chi connectivity index (χ1) is 11.3. The fraction of sp³-hybridized carbons (Fsp3) is 0.350. The van der Waals surface area contributed by atoms with Crippen molar-refractivity contribution in [1.82, 2.24) is 9.80 Å². The molecule has 0 radical (unpaired) electrons. The third-order valence-electron chi connectivity index (χ3n) is 4.39. The molecule has 1 amide bonds. The van der Waals surface area contributed by atoms with Crippen LogP contribution in [0.15, 0.2) is 60.7 Å². The van der Waals surface area contributed by atoms with E-state index in [1.165, 1.54) is 11.1 Å². The molecule has 1 atom stereocenters. The Labute approximate surface area is 138 Å². The number of hydrogen-bond donors (Lipinski definition) is 0. The van der Waals surface area contributed by atoms with E-state index in [4.69, 9.17) is 0 Å². The highest BCUT2D eigenvalue weighted by molar-refractivity contribution is 5.83. The van der Waals surface area contributed by atoms with E-state index >= 15 is 0 Å². The van der Waals surface area contributed by atoms with Crippen molar-refractivity contribution in [2.75, 3.05) is 13.2 Å². The van der Waals surface area contributed by atoms with Crippen LogP contribution in [-0.2, 0) is 11.3 Å². The first kappa shape index (κ1) is 15.8. The van der Waals surface area contributed by atoms with Crippen LogP contribution < -0.4 is 0 Å².